The van der Waals surface area contributed by atoms with E-state index in [2.05, 4.69) is 10.6 Å². The van der Waals surface area contributed by atoms with Crippen LogP contribution in [0.25, 0.3) is 0 Å². The highest BCUT2D eigenvalue weighted by atomic mass is 16.5. The highest BCUT2D eigenvalue weighted by molar-refractivity contribution is 5.84. The number of aliphatic hydroxyl groups excluding tert-OH is 1. The van der Waals surface area contributed by atoms with Crippen molar-refractivity contribution in [2.24, 2.45) is 0 Å². The molecule has 0 fully saturated rings. The summed E-state index contributed by atoms with van der Waals surface area (Å²) >= 11 is 0. The van der Waals surface area contributed by atoms with Crippen LogP contribution in [0.3, 0.4) is 0 Å². The van der Waals surface area contributed by atoms with Gasteiger partial charge in [0.05, 0.1) is 12.5 Å². The van der Waals surface area contributed by atoms with E-state index in [9.17, 15) is 24.6 Å². The number of carboxylic acid groups (broad SMARTS) is 1. The Hall–Kier alpha value is -3.39. The average molecular weight is 400 g/mol. The number of carbonyl (C=O) groups is 3. The molecule has 0 saturated carbocycles. The molecule has 0 heterocycles. The molecule has 154 valence electrons. The maximum absolute atomic E-state index is 12.0. The van der Waals surface area contributed by atoms with Gasteiger partial charge in [-0.05, 0) is 11.1 Å². The number of aliphatic carboxylic acids is 1. The molecule has 29 heavy (non-hydrogen) atoms. The maximum atomic E-state index is 12.0. The number of amides is 2. The average Bonchev–Trinajstić information content (AvgIpc) is 2.71. The van der Waals surface area contributed by atoms with Gasteiger partial charge in [0.1, 0.15) is 12.6 Å². The van der Waals surface area contributed by atoms with Gasteiger partial charge < -0.3 is 25.6 Å². The van der Waals surface area contributed by atoms with Crippen LogP contribution in [0, 0.1) is 0 Å². The number of nitrogens with one attached hydrogen (secondary N) is 2. The number of rotatable bonds is 10. The topological polar surface area (TPSA) is 125 Å². The molecule has 0 unspecified atom stereocenters. The minimum atomic E-state index is -1.18. The summed E-state index contributed by atoms with van der Waals surface area (Å²) in [7, 11) is 0. The third-order valence-corrected chi connectivity index (χ3v) is 4.03. The lowest BCUT2D eigenvalue weighted by Gasteiger charge is -2.16. The molecule has 2 amide bonds. The predicted molar refractivity (Wildman–Crippen MR) is 105 cm³/mol. The molecule has 0 bridgehead atoms. The van der Waals surface area contributed by atoms with Crippen LogP contribution in [-0.4, -0.2) is 46.9 Å². The molecule has 2 atom stereocenters. The predicted octanol–water partition coefficient (Wildman–Crippen LogP) is 1.48. The van der Waals surface area contributed by atoms with Crippen molar-refractivity contribution in [2.75, 3.05) is 6.54 Å². The summed E-state index contributed by atoms with van der Waals surface area (Å²) in [5, 5.41) is 24.0. The molecule has 0 aliphatic rings. The molecule has 0 radical (unpaired) electrons. The number of benzene rings is 2. The minimum absolute atomic E-state index is 0.0863. The number of ether oxygens (including phenoxy) is 1. The Morgan fingerprint density at radius 1 is 0.931 bits per heavy atom. The lowest BCUT2D eigenvalue weighted by atomic mass is 10.1. The Morgan fingerprint density at radius 2 is 1.52 bits per heavy atom. The zero-order valence-corrected chi connectivity index (χ0v) is 15.8. The van der Waals surface area contributed by atoms with Gasteiger partial charge in [-0.25, -0.2) is 9.59 Å². The summed E-state index contributed by atoms with van der Waals surface area (Å²) in [6.45, 7) is -0.111. The maximum Gasteiger partial charge on any atom is 0.407 e. The summed E-state index contributed by atoms with van der Waals surface area (Å²) in [5.41, 5.74) is 1.59. The fourth-order valence-corrected chi connectivity index (χ4v) is 2.56. The molecule has 0 aromatic heterocycles. The second-order valence-corrected chi connectivity index (χ2v) is 6.45. The number of hydrogen-bond acceptors (Lipinski definition) is 5. The van der Waals surface area contributed by atoms with Gasteiger partial charge in [0.15, 0.2) is 0 Å². The van der Waals surface area contributed by atoms with Crippen LogP contribution in [0.15, 0.2) is 60.7 Å². The summed E-state index contributed by atoms with van der Waals surface area (Å²) in [4.78, 5) is 35.1. The van der Waals surface area contributed by atoms with Gasteiger partial charge in [0.25, 0.3) is 0 Å². The lowest BCUT2D eigenvalue weighted by molar-refractivity contribution is -0.142. The van der Waals surface area contributed by atoms with E-state index in [1.54, 1.807) is 36.4 Å². The molecule has 8 nitrogen and oxygen atoms in total. The highest BCUT2D eigenvalue weighted by Gasteiger charge is 2.22. The molecular weight excluding hydrogens is 376 g/mol. The van der Waals surface area contributed by atoms with E-state index in [0.717, 1.165) is 11.1 Å². The van der Waals surface area contributed by atoms with E-state index >= 15 is 0 Å². The number of carbonyl (C=O) groups excluding carboxylic acids is 2. The Labute approximate surface area is 168 Å². The second kappa shape index (κ2) is 11.5. The standard InChI is InChI=1S/C21H24N2O6/c24-17(13-22-21(28)29-14-16-9-5-2-6-10-16)12-19(25)23-18(20(26)27)11-15-7-3-1-4-8-15/h1-10,17-18,24H,11-14H2,(H,22,28)(H,23,25)(H,26,27)/t17-,18+/m0/s1. The van der Waals surface area contributed by atoms with E-state index in [-0.39, 0.29) is 26.0 Å². The zero-order valence-electron chi connectivity index (χ0n) is 15.8. The molecule has 0 aliphatic carbocycles. The number of alkyl carbamates (subject to hydrolysis) is 1. The molecule has 2 aromatic rings. The van der Waals surface area contributed by atoms with Gasteiger partial charge in [0, 0.05) is 13.0 Å². The Balaban J connectivity index is 1.71. The third-order valence-electron chi connectivity index (χ3n) is 4.03. The van der Waals surface area contributed by atoms with Gasteiger partial charge in [-0.2, -0.15) is 0 Å². The second-order valence-electron chi connectivity index (χ2n) is 6.45. The quantitative estimate of drug-likeness (QED) is 0.479. The van der Waals surface area contributed by atoms with E-state index in [0.29, 0.717) is 0 Å². The number of carboxylic acids is 1. The van der Waals surface area contributed by atoms with Crippen LogP contribution < -0.4 is 10.6 Å². The summed E-state index contributed by atoms with van der Waals surface area (Å²) in [6, 6.07) is 16.9. The lowest BCUT2D eigenvalue weighted by Crippen LogP contribution is -2.44. The molecule has 2 aromatic carbocycles. The fraction of sp³-hybridized carbons (Fsp3) is 0.286. The van der Waals surface area contributed by atoms with Crippen molar-refractivity contribution < 1.29 is 29.3 Å². The highest BCUT2D eigenvalue weighted by Crippen LogP contribution is 2.04. The number of hydrogen-bond donors (Lipinski definition) is 4. The van der Waals surface area contributed by atoms with Crippen molar-refractivity contribution >= 4 is 18.0 Å². The van der Waals surface area contributed by atoms with Gasteiger partial charge in [0.2, 0.25) is 5.91 Å². The van der Waals surface area contributed by atoms with Gasteiger partial charge in [-0.15, -0.1) is 0 Å². The van der Waals surface area contributed by atoms with Crippen molar-refractivity contribution in [1.29, 1.82) is 0 Å². The first kappa shape index (κ1) is 21.9. The van der Waals surface area contributed by atoms with Crippen LogP contribution >= 0.6 is 0 Å². The molecule has 2 rings (SSSR count). The number of aliphatic hydroxyl groups is 1. The Morgan fingerprint density at radius 3 is 2.10 bits per heavy atom. The SMILES string of the molecule is O=C(C[C@H](O)CNC(=O)OCc1ccccc1)N[C@H](Cc1ccccc1)C(=O)O. The molecule has 4 N–H and O–H groups in total. The Kier molecular flexibility index (Phi) is 8.65. The molecule has 8 heteroatoms. The van der Waals surface area contributed by atoms with Crippen molar-refractivity contribution in [3.63, 3.8) is 0 Å². The van der Waals surface area contributed by atoms with Crippen LogP contribution in [0.4, 0.5) is 4.79 Å². The third kappa shape index (κ3) is 8.44. The van der Waals surface area contributed by atoms with E-state index in [1.165, 1.54) is 0 Å². The first-order valence-electron chi connectivity index (χ1n) is 9.12. The van der Waals surface area contributed by atoms with Crippen molar-refractivity contribution in [3.05, 3.63) is 71.8 Å². The first-order chi connectivity index (χ1) is 13.9. The monoisotopic (exact) mass is 400 g/mol. The summed E-state index contributed by atoms with van der Waals surface area (Å²) in [5.74, 6) is -1.79. The van der Waals surface area contributed by atoms with Crippen molar-refractivity contribution in [2.45, 2.75) is 31.6 Å². The van der Waals surface area contributed by atoms with Crippen LogP contribution in [0.2, 0.25) is 0 Å². The van der Waals surface area contributed by atoms with Crippen LogP contribution in [0.1, 0.15) is 17.5 Å². The zero-order chi connectivity index (χ0) is 21.1. The summed E-state index contributed by atoms with van der Waals surface area (Å²) < 4.78 is 5.01. The van der Waals surface area contributed by atoms with Crippen LogP contribution in [0.5, 0.6) is 0 Å². The summed E-state index contributed by atoms with van der Waals surface area (Å²) in [6.07, 6.45) is -2.12. The molecule has 0 saturated heterocycles. The van der Waals surface area contributed by atoms with Crippen LogP contribution in [-0.2, 0) is 27.4 Å². The van der Waals surface area contributed by atoms with E-state index < -0.39 is 30.1 Å². The largest absolute Gasteiger partial charge is 0.480 e. The van der Waals surface area contributed by atoms with E-state index in [1.807, 2.05) is 24.3 Å². The van der Waals surface area contributed by atoms with E-state index in [4.69, 9.17) is 4.74 Å². The minimum Gasteiger partial charge on any atom is -0.480 e. The fourth-order valence-electron chi connectivity index (χ4n) is 2.56. The molecule has 0 spiro atoms. The van der Waals surface area contributed by atoms with Crippen molar-refractivity contribution in [3.8, 4) is 0 Å². The van der Waals surface area contributed by atoms with Gasteiger partial charge in [-0.3, -0.25) is 4.79 Å². The smallest absolute Gasteiger partial charge is 0.407 e. The van der Waals surface area contributed by atoms with Gasteiger partial charge >= 0.3 is 12.1 Å². The van der Waals surface area contributed by atoms with Gasteiger partial charge in [-0.1, -0.05) is 60.7 Å². The molecule has 0 aliphatic heterocycles. The Bertz CT molecular complexity index is 797. The molecular formula is C21H24N2O6. The first-order valence-corrected chi connectivity index (χ1v) is 9.12. The van der Waals surface area contributed by atoms with Crippen molar-refractivity contribution in [1.82, 2.24) is 10.6 Å². The normalized spacial score (nSPS) is 12.4.